The Morgan fingerprint density at radius 1 is 1.19 bits per heavy atom. The SMILES string of the molecule is CCOC(=O)c1cc2cc(NC(=O)C3C[C@H]4CCC[C@@H](C3)C4=O)ccc2s1. The van der Waals surface area contributed by atoms with E-state index in [1.807, 2.05) is 18.2 Å². The quantitative estimate of drug-likeness (QED) is 0.791. The first-order valence-corrected chi connectivity index (χ1v) is 10.4. The summed E-state index contributed by atoms with van der Waals surface area (Å²) in [5, 5.41) is 3.92. The van der Waals surface area contributed by atoms with Crippen molar-refractivity contribution < 1.29 is 19.1 Å². The number of esters is 1. The molecule has 2 aliphatic rings. The maximum absolute atomic E-state index is 12.7. The van der Waals surface area contributed by atoms with Crippen LogP contribution in [0.2, 0.25) is 0 Å². The van der Waals surface area contributed by atoms with Gasteiger partial charge in [-0.15, -0.1) is 11.3 Å². The number of benzene rings is 1. The summed E-state index contributed by atoms with van der Waals surface area (Å²) in [6.07, 6.45) is 4.31. The summed E-state index contributed by atoms with van der Waals surface area (Å²) in [6.45, 7) is 2.13. The highest BCUT2D eigenvalue weighted by molar-refractivity contribution is 7.20. The van der Waals surface area contributed by atoms with Crippen LogP contribution in [0.4, 0.5) is 5.69 Å². The number of hydrogen-bond donors (Lipinski definition) is 1. The molecule has 1 aromatic heterocycles. The number of ether oxygens (including phenoxy) is 1. The van der Waals surface area contributed by atoms with Gasteiger partial charge in [-0.05, 0) is 62.3 Å². The number of Topliss-reactive ketones (excluding diaryl/α,β-unsaturated/α-hetero) is 1. The van der Waals surface area contributed by atoms with Crippen LogP contribution in [-0.4, -0.2) is 24.3 Å². The lowest BCUT2D eigenvalue weighted by Gasteiger charge is -2.36. The summed E-state index contributed by atoms with van der Waals surface area (Å²) in [6, 6.07) is 7.47. The molecule has 2 saturated carbocycles. The van der Waals surface area contributed by atoms with Crippen LogP contribution in [0.3, 0.4) is 0 Å². The molecule has 2 aromatic rings. The minimum Gasteiger partial charge on any atom is -0.462 e. The Kier molecular flexibility index (Phi) is 5.00. The maximum atomic E-state index is 12.7. The van der Waals surface area contributed by atoms with Crippen molar-refractivity contribution in [2.24, 2.45) is 17.8 Å². The fraction of sp³-hybridized carbons (Fsp3) is 0.476. The van der Waals surface area contributed by atoms with Gasteiger partial charge < -0.3 is 10.1 Å². The molecule has 1 unspecified atom stereocenters. The van der Waals surface area contributed by atoms with Gasteiger partial charge in [0.05, 0.1) is 6.61 Å². The highest BCUT2D eigenvalue weighted by Gasteiger charge is 2.41. The van der Waals surface area contributed by atoms with Gasteiger partial charge in [0.2, 0.25) is 5.91 Å². The second-order valence-corrected chi connectivity index (χ2v) is 8.55. The van der Waals surface area contributed by atoms with Crippen LogP contribution in [0.5, 0.6) is 0 Å². The van der Waals surface area contributed by atoms with Crippen molar-refractivity contribution in [2.75, 3.05) is 11.9 Å². The normalized spacial score (nSPS) is 24.6. The van der Waals surface area contributed by atoms with Gasteiger partial charge in [-0.3, -0.25) is 9.59 Å². The average molecular weight is 385 g/mol. The predicted molar refractivity (Wildman–Crippen MR) is 105 cm³/mol. The zero-order valence-electron chi connectivity index (χ0n) is 15.3. The number of anilines is 1. The molecule has 3 atom stereocenters. The summed E-state index contributed by atoms with van der Waals surface area (Å²) in [5.74, 6) is 0.101. The number of ketones is 1. The molecule has 27 heavy (non-hydrogen) atoms. The molecule has 5 nitrogen and oxygen atoms in total. The number of carbonyl (C=O) groups is 3. The van der Waals surface area contributed by atoms with E-state index in [9.17, 15) is 14.4 Å². The minimum absolute atomic E-state index is 0.000374. The van der Waals surface area contributed by atoms with E-state index in [0.29, 0.717) is 30.1 Å². The van der Waals surface area contributed by atoms with Gasteiger partial charge in [-0.25, -0.2) is 4.79 Å². The van der Waals surface area contributed by atoms with Crippen LogP contribution in [0.25, 0.3) is 10.1 Å². The third-order valence-electron chi connectivity index (χ3n) is 5.68. The molecule has 2 bridgehead atoms. The molecule has 0 saturated heterocycles. The van der Waals surface area contributed by atoms with Gasteiger partial charge in [-0.1, -0.05) is 6.42 Å². The van der Waals surface area contributed by atoms with E-state index >= 15 is 0 Å². The lowest BCUT2D eigenvalue weighted by molar-refractivity contribution is -0.136. The fourth-order valence-corrected chi connectivity index (χ4v) is 5.30. The topological polar surface area (TPSA) is 72.5 Å². The molecule has 142 valence electrons. The Hall–Kier alpha value is -2.21. The molecule has 0 aliphatic heterocycles. The molecule has 2 aliphatic carbocycles. The average Bonchev–Trinajstić information content (AvgIpc) is 3.05. The van der Waals surface area contributed by atoms with E-state index in [-0.39, 0.29) is 29.6 Å². The Morgan fingerprint density at radius 2 is 1.93 bits per heavy atom. The molecule has 2 fully saturated rings. The number of carbonyl (C=O) groups excluding carboxylic acids is 3. The molecule has 1 amide bonds. The monoisotopic (exact) mass is 385 g/mol. The number of rotatable bonds is 4. The molecule has 1 aromatic carbocycles. The number of fused-ring (bicyclic) bond motifs is 3. The zero-order valence-corrected chi connectivity index (χ0v) is 16.1. The number of nitrogens with one attached hydrogen (secondary N) is 1. The second kappa shape index (κ2) is 7.43. The zero-order chi connectivity index (χ0) is 19.0. The number of thiophene rings is 1. The van der Waals surface area contributed by atoms with Crippen LogP contribution in [0.1, 0.15) is 48.7 Å². The summed E-state index contributed by atoms with van der Waals surface area (Å²) >= 11 is 1.39. The minimum atomic E-state index is -0.317. The standard InChI is InChI=1S/C21H23NO4S/c1-2-26-21(25)18-11-14-10-16(6-7-17(14)27-18)22-20(24)15-8-12-4-3-5-13(9-15)19(12)23/h6-7,10-13,15H,2-5,8-9H2,1H3,(H,22,24)/t12-,13+,15?. The van der Waals surface area contributed by atoms with Crippen molar-refractivity contribution >= 4 is 44.8 Å². The third-order valence-corrected chi connectivity index (χ3v) is 6.78. The Balaban J connectivity index is 1.47. The first kappa shape index (κ1) is 18.2. The van der Waals surface area contributed by atoms with E-state index in [0.717, 1.165) is 35.0 Å². The van der Waals surface area contributed by atoms with Crippen molar-refractivity contribution in [2.45, 2.75) is 39.0 Å². The van der Waals surface area contributed by atoms with Gasteiger partial charge in [0, 0.05) is 28.1 Å². The molecular formula is C21H23NO4S. The van der Waals surface area contributed by atoms with Crippen molar-refractivity contribution in [3.63, 3.8) is 0 Å². The van der Waals surface area contributed by atoms with E-state index in [2.05, 4.69) is 5.32 Å². The third kappa shape index (κ3) is 3.63. The van der Waals surface area contributed by atoms with Crippen molar-refractivity contribution in [3.05, 3.63) is 29.1 Å². The van der Waals surface area contributed by atoms with Crippen LogP contribution in [0, 0.1) is 17.8 Å². The largest absolute Gasteiger partial charge is 0.462 e. The molecule has 1 N–H and O–H groups in total. The van der Waals surface area contributed by atoms with Gasteiger partial charge in [-0.2, -0.15) is 0 Å². The lowest BCUT2D eigenvalue weighted by atomic mass is 9.67. The predicted octanol–water partition coefficient (Wildman–Crippen LogP) is 4.41. The fourth-order valence-electron chi connectivity index (χ4n) is 4.36. The van der Waals surface area contributed by atoms with E-state index in [1.165, 1.54) is 11.3 Å². The molecular weight excluding hydrogens is 362 g/mol. The molecule has 0 spiro atoms. The van der Waals surface area contributed by atoms with Gasteiger partial charge in [0.1, 0.15) is 10.7 Å². The smallest absolute Gasteiger partial charge is 0.348 e. The first-order chi connectivity index (χ1) is 13.0. The van der Waals surface area contributed by atoms with Crippen molar-refractivity contribution in [1.82, 2.24) is 0 Å². The van der Waals surface area contributed by atoms with Crippen LogP contribution < -0.4 is 5.32 Å². The molecule has 0 radical (unpaired) electrons. The molecule has 1 heterocycles. The summed E-state index contributed by atoms with van der Waals surface area (Å²) < 4.78 is 6.03. The first-order valence-electron chi connectivity index (χ1n) is 9.60. The number of hydrogen-bond acceptors (Lipinski definition) is 5. The van der Waals surface area contributed by atoms with Crippen molar-refractivity contribution in [3.8, 4) is 0 Å². The highest BCUT2D eigenvalue weighted by Crippen LogP contribution is 2.40. The van der Waals surface area contributed by atoms with Gasteiger partial charge >= 0.3 is 5.97 Å². The molecule has 6 heteroatoms. The van der Waals surface area contributed by atoms with Gasteiger partial charge in [0.15, 0.2) is 0 Å². The Morgan fingerprint density at radius 3 is 2.63 bits per heavy atom. The maximum Gasteiger partial charge on any atom is 0.348 e. The Bertz CT molecular complexity index is 887. The van der Waals surface area contributed by atoms with Crippen LogP contribution in [0.15, 0.2) is 24.3 Å². The van der Waals surface area contributed by atoms with Crippen LogP contribution >= 0.6 is 11.3 Å². The summed E-state index contributed by atoms with van der Waals surface area (Å²) in [7, 11) is 0. The summed E-state index contributed by atoms with van der Waals surface area (Å²) in [5.41, 5.74) is 0.725. The Labute approximate surface area is 162 Å². The highest BCUT2D eigenvalue weighted by atomic mass is 32.1. The number of amides is 1. The van der Waals surface area contributed by atoms with E-state index in [4.69, 9.17) is 4.74 Å². The van der Waals surface area contributed by atoms with E-state index < -0.39 is 0 Å². The summed E-state index contributed by atoms with van der Waals surface area (Å²) in [4.78, 5) is 37.4. The van der Waals surface area contributed by atoms with Crippen LogP contribution in [-0.2, 0) is 14.3 Å². The lowest BCUT2D eigenvalue weighted by Crippen LogP contribution is -2.40. The van der Waals surface area contributed by atoms with Gasteiger partial charge in [0.25, 0.3) is 0 Å². The van der Waals surface area contributed by atoms with E-state index in [1.54, 1.807) is 13.0 Å². The van der Waals surface area contributed by atoms with Crippen molar-refractivity contribution in [1.29, 1.82) is 0 Å². The molecule has 4 rings (SSSR count). The second-order valence-electron chi connectivity index (χ2n) is 7.47.